The summed E-state index contributed by atoms with van der Waals surface area (Å²) in [6, 6.07) is 20.0. The first-order valence-electron chi connectivity index (χ1n) is 8.31. The van der Waals surface area contributed by atoms with Gasteiger partial charge in [-0.3, -0.25) is 4.79 Å². The fourth-order valence-corrected chi connectivity index (χ4v) is 2.95. The van der Waals surface area contributed by atoms with Gasteiger partial charge in [0.15, 0.2) is 5.69 Å². The standard InChI is InChI=1S/C20H13BrN4O3/c21-13-9-11-14(12-10-13)24-22-19(15-5-1-3-7-17(15)26)23-25(24)20(28)16-6-2-4-8-18(16)27/h1-12H,(H-,22,23,26,27,28)/p+1. The molecule has 0 aliphatic rings. The van der Waals surface area contributed by atoms with Crippen molar-refractivity contribution in [1.82, 2.24) is 15.0 Å². The lowest BCUT2D eigenvalue weighted by Crippen LogP contribution is -2.47. The number of phenolic OH excluding ortho intramolecular Hbond substituents is 2. The van der Waals surface area contributed by atoms with Gasteiger partial charge >= 0.3 is 11.7 Å². The molecule has 0 atom stereocenters. The van der Waals surface area contributed by atoms with Crippen molar-refractivity contribution in [3.8, 4) is 28.6 Å². The van der Waals surface area contributed by atoms with Gasteiger partial charge in [-0.25, -0.2) is 0 Å². The highest BCUT2D eigenvalue weighted by Crippen LogP contribution is 2.25. The predicted molar refractivity (Wildman–Crippen MR) is 104 cm³/mol. The van der Waals surface area contributed by atoms with Gasteiger partial charge in [0, 0.05) is 4.47 Å². The van der Waals surface area contributed by atoms with Crippen LogP contribution in [0, 0.1) is 0 Å². The minimum atomic E-state index is -0.560. The lowest BCUT2D eigenvalue weighted by molar-refractivity contribution is -0.732. The van der Waals surface area contributed by atoms with Crippen molar-refractivity contribution in [3.63, 3.8) is 0 Å². The minimum absolute atomic E-state index is 0.00221. The Morgan fingerprint density at radius 1 is 0.893 bits per heavy atom. The Bertz CT molecular complexity index is 1170. The molecular weight excluding hydrogens is 424 g/mol. The molecule has 0 unspecified atom stereocenters. The lowest BCUT2D eigenvalue weighted by Gasteiger charge is -2.01. The van der Waals surface area contributed by atoms with E-state index >= 15 is 0 Å². The van der Waals surface area contributed by atoms with E-state index < -0.39 is 5.91 Å². The molecular formula is C20H14BrN4O3+. The SMILES string of the molecule is O=C(c1ccccc1O)n1nc(-c2ccccc2O)n[n+]1-c1ccc(Br)cc1. The van der Waals surface area contributed by atoms with Crippen LogP contribution in [0.2, 0.25) is 0 Å². The zero-order valence-corrected chi connectivity index (χ0v) is 16.0. The zero-order valence-electron chi connectivity index (χ0n) is 14.4. The molecule has 4 aromatic rings. The topological polar surface area (TPSA) is 92.1 Å². The summed E-state index contributed by atoms with van der Waals surface area (Å²) >= 11 is 3.38. The molecule has 0 spiro atoms. The van der Waals surface area contributed by atoms with Gasteiger partial charge in [-0.2, -0.15) is 0 Å². The average molecular weight is 438 g/mol. The van der Waals surface area contributed by atoms with Gasteiger partial charge in [-0.15, -0.1) is 0 Å². The van der Waals surface area contributed by atoms with E-state index in [0.29, 0.717) is 11.3 Å². The van der Waals surface area contributed by atoms with Gasteiger partial charge in [0.2, 0.25) is 0 Å². The summed E-state index contributed by atoms with van der Waals surface area (Å²) in [6.45, 7) is 0. The first-order chi connectivity index (χ1) is 13.5. The van der Waals surface area contributed by atoms with E-state index in [1.54, 1.807) is 42.5 Å². The van der Waals surface area contributed by atoms with Crippen LogP contribution in [0.1, 0.15) is 10.4 Å². The molecule has 1 heterocycles. The number of halogens is 1. The highest BCUT2D eigenvalue weighted by molar-refractivity contribution is 9.10. The second-order valence-corrected chi connectivity index (χ2v) is 6.83. The van der Waals surface area contributed by atoms with Crippen LogP contribution < -0.4 is 4.80 Å². The summed E-state index contributed by atoms with van der Waals surface area (Å²) in [6.07, 6.45) is 0. The Kier molecular flexibility index (Phi) is 4.62. The van der Waals surface area contributed by atoms with Crippen molar-refractivity contribution in [2.24, 2.45) is 0 Å². The van der Waals surface area contributed by atoms with E-state index in [-0.39, 0.29) is 22.9 Å². The third-order valence-electron chi connectivity index (χ3n) is 4.08. The summed E-state index contributed by atoms with van der Waals surface area (Å²) in [5.41, 5.74) is 1.06. The van der Waals surface area contributed by atoms with Gasteiger partial charge in [0.1, 0.15) is 11.5 Å². The second-order valence-electron chi connectivity index (χ2n) is 5.92. The number of carbonyl (C=O) groups is 1. The lowest BCUT2D eigenvalue weighted by atomic mass is 10.2. The number of aromatic hydroxyl groups is 2. The Morgan fingerprint density at radius 2 is 1.54 bits per heavy atom. The molecule has 0 aliphatic heterocycles. The summed E-state index contributed by atoms with van der Waals surface area (Å²) in [5.74, 6) is -0.549. The molecule has 8 heteroatoms. The number of nitrogens with zero attached hydrogens (tertiary/aromatic N) is 4. The molecule has 0 saturated heterocycles. The molecule has 1 aromatic heterocycles. The summed E-state index contributed by atoms with van der Waals surface area (Å²) in [5, 5.41) is 28.9. The van der Waals surface area contributed by atoms with Crippen molar-refractivity contribution in [1.29, 1.82) is 0 Å². The normalized spacial score (nSPS) is 10.8. The number of phenols is 2. The molecule has 0 bridgehead atoms. The summed E-state index contributed by atoms with van der Waals surface area (Å²) in [7, 11) is 0. The Labute approximate surface area is 168 Å². The molecule has 0 radical (unpaired) electrons. The van der Waals surface area contributed by atoms with Crippen LogP contribution in [0.25, 0.3) is 17.1 Å². The fraction of sp³-hybridized carbons (Fsp3) is 0. The van der Waals surface area contributed by atoms with Crippen molar-refractivity contribution in [2.75, 3.05) is 0 Å². The molecule has 0 aliphatic carbocycles. The monoisotopic (exact) mass is 437 g/mol. The second kappa shape index (κ2) is 7.24. The molecule has 0 saturated carbocycles. The largest absolute Gasteiger partial charge is 0.507 e. The highest BCUT2D eigenvalue weighted by Gasteiger charge is 2.30. The third kappa shape index (κ3) is 3.25. The van der Waals surface area contributed by atoms with Crippen molar-refractivity contribution < 1.29 is 19.8 Å². The van der Waals surface area contributed by atoms with Crippen LogP contribution in [0.4, 0.5) is 0 Å². The minimum Gasteiger partial charge on any atom is -0.507 e. The quantitative estimate of drug-likeness (QED) is 0.480. The molecule has 0 fully saturated rings. The van der Waals surface area contributed by atoms with Gasteiger partial charge in [-0.05, 0) is 58.4 Å². The fourth-order valence-electron chi connectivity index (χ4n) is 2.69. The van der Waals surface area contributed by atoms with E-state index in [2.05, 4.69) is 26.1 Å². The van der Waals surface area contributed by atoms with E-state index in [1.165, 1.54) is 23.0 Å². The third-order valence-corrected chi connectivity index (χ3v) is 4.61. The number of hydrogen-bond acceptors (Lipinski definition) is 5. The molecule has 7 nitrogen and oxygen atoms in total. The molecule has 138 valence electrons. The van der Waals surface area contributed by atoms with Crippen LogP contribution in [0.5, 0.6) is 11.5 Å². The predicted octanol–water partition coefficient (Wildman–Crippen LogP) is 3.08. The van der Waals surface area contributed by atoms with Gasteiger partial charge in [-0.1, -0.05) is 40.2 Å². The van der Waals surface area contributed by atoms with Gasteiger partial charge in [0.25, 0.3) is 0 Å². The molecule has 2 N–H and O–H groups in total. The van der Waals surface area contributed by atoms with Crippen LogP contribution in [-0.2, 0) is 0 Å². The highest BCUT2D eigenvalue weighted by atomic mass is 79.9. The first kappa shape index (κ1) is 17.9. The number of aromatic nitrogens is 4. The van der Waals surface area contributed by atoms with Crippen LogP contribution in [0.15, 0.2) is 77.3 Å². The molecule has 4 rings (SSSR count). The number of hydrogen-bond donors (Lipinski definition) is 2. The van der Waals surface area contributed by atoms with Gasteiger partial charge in [0.05, 0.1) is 21.0 Å². The van der Waals surface area contributed by atoms with Crippen LogP contribution in [-0.4, -0.2) is 31.1 Å². The molecule has 3 aromatic carbocycles. The van der Waals surface area contributed by atoms with Crippen LogP contribution in [0.3, 0.4) is 0 Å². The number of benzene rings is 3. The van der Waals surface area contributed by atoms with Crippen LogP contribution >= 0.6 is 15.9 Å². The summed E-state index contributed by atoms with van der Waals surface area (Å²) in [4.78, 5) is 15.4. The smallest absolute Gasteiger partial charge is 0.343 e. The van der Waals surface area contributed by atoms with E-state index in [1.807, 2.05) is 12.1 Å². The number of para-hydroxylation sites is 2. The zero-order chi connectivity index (χ0) is 19.7. The number of rotatable bonds is 3. The van der Waals surface area contributed by atoms with Crippen molar-refractivity contribution in [3.05, 3.63) is 82.8 Å². The Balaban J connectivity index is 1.91. The maximum absolute atomic E-state index is 13.1. The van der Waals surface area contributed by atoms with Crippen molar-refractivity contribution >= 4 is 21.8 Å². The number of carbonyl (C=O) groups excluding carboxylic acids is 1. The Morgan fingerprint density at radius 3 is 2.21 bits per heavy atom. The maximum Gasteiger partial charge on any atom is 0.343 e. The maximum atomic E-state index is 13.1. The molecule has 28 heavy (non-hydrogen) atoms. The average Bonchev–Trinajstić information content (AvgIpc) is 3.14. The van der Waals surface area contributed by atoms with E-state index in [9.17, 15) is 15.0 Å². The Hall–Kier alpha value is -3.52. The van der Waals surface area contributed by atoms with E-state index in [4.69, 9.17) is 0 Å². The molecule has 0 amide bonds. The summed E-state index contributed by atoms with van der Waals surface area (Å²) < 4.78 is 0.871. The van der Waals surface area contributed by atoms with Gasteiger partial charge < -0.3 is 10.2 Å². The van der Waals surface area contributed by atoms with Crippen molar-refractivity contribution in [2.45, 2.75) is 0 Å². The number of tetrazole rings is 1. The van der Waals surface area contributed by atoms with E-state index in [0.717, 1.165) is 9.27 Å². The first-order valence-corrected chi connectivity index (χ1v) is 9.10.